The van der Waals surface area contributed by atoms with Gasteiger partial charge in [-0.2, -0.15) is 0 Å². The number of nitrogens with zero attached hydrogens (tertiary/aromatic N) is 1. The third kappa shape index (κ3) is 4.41. The summed E-state index contributed by atoms with van der Waals surface area (Å²) in [5.74, 6) is 1.54. The molecule has 0 aliphatic rings. The van der Waals surface area contributed by atoms with Gasteiger partial charge in [0.2, 0.25) is 0 Å². The molecule has 0 saturated heterocycles. The van der Waals surface area contributed by atoms with Crippen LogP contribution in [0.2, 0.25) is 0 Å². The molecule has 0 aromatic carbocycles. The smallest absolute Gasteiger partial charge is 0.00869 e. The van der Waals surface area contributed by atoms with E-state index in [9.17, 15) is 0 Å². The molecule has 0 aliphatic heterocycles. The van der Waals surface area contributed by atoms with Gasteiger partial charge in [0.15, 0.2) is 0 Å². The summed E-state index contributed by atoms with van der Waals surface area (Å²) in [6.07, 6.45) is 0. The van der Waals surface area contributed by atoms with Crippen molar-refractivity contribution in [1.82, 2.24) is 4.90 Å². The molecule has 0 fully saturated rings. The van der Waals surface area contributed by atoms with Crippen molar-refractivity contribution >= 4 is 0 Å². The molecule has 1 nitrogen and oxygen atoms in total. The number of hydrogen-bond donors (Lipinski definition) is 0. The first-order valence-corrected chi connectivity index (χ1v) is 4.65. The van der Waals surface area contributed by atoms with Crippen LogP contribution >= 0.6 is 0 Å². The Morgan fingerprint density at radius 3 is 1.73 bits per heavy atom. The van der Waals surface area contributed by atoms with Crippen LogP contribution in [0.15, 0.2) is 0 Å². The molecule has 11 heavy (non-hydrogen) atoms. The lowest BCUT2D eigenvalue weighted by molar-refractivity contribution is 0.188. The van der Waals surface area contributed by atoms with Crippen LogP contribution in [0.5, 0.6) is 0 Å². The van der Waals surface area contributed by atoms with E-state index in [1.54, 1.807) is 0 Å². The highest BCUT2D eigenvalue weighted by atomic mass is 15.1. The summed E-state index contributed by atoms with van der Waals surface area (Å²) in [6, 6.07) is 0.706. The normalized spacial score (nSPS) is 15.0. The van der Waals surface area contributed by atoms with Crippen molar-refractivity contribution in [3.8, 4) is 0 Å². The van der Waals surface area contributed by atoms with Crippen molar-refractivity contribution in [1.29, 1.82) is 0 Å². The first-order valence-electron chi connectivity index (χ1n) is 4.65. The molecule has 0 aliphatic carbocycles. The SMILES string of the molecule is CC(C)CN(C)[C@H](C)C(C)C. The van der Waals surface area contributed by atoms with Crippen LogP contribution in [0.3, 0.4) is 0 Å². The van der Waals surface area contributed by atoms with Crippen LogP contribution in [-0.4, -0.2) is 24.5 Å². The van der Waals surface area contributed by atoms with Gasteiger partial charge in [-0.1, -0.05) is 27.7 Å². The fourth-order valence-electron chi connectivity index (χ4n) is 1.25. The highest BCUT2D eigenvalue weighted by Crippen LogP contribution is 2.09. The van der Waals surface area contributed by atoms with Crippen molar-refractivity contribution in [3.63, 3.8) is 0 Å². The van der Waals surface area contributed by atoms with Gasteiger partial charge in [-0.05, 0) is 25.8 Å². The molecule has 0 unspecified atom stereocenters. The first kappa shape index (κ1) is 11.0. The Hall–Kier alpha value is -0.0400. The lowest BCUT2D eigenvalue weighted by atomic mass is 10.0. The Morgan fingerprint density at radius 2 is 1.45 bits per heavy atom. The zero-order valence-electron chi connectivity index (χ0n) is 8.89. The van der Waals surface area contributed by atoms with Gasteiger partial charge < -0.3 is 4.90 Å². The van der Waals surface area contributed by atoms with Crippen molar-refractivity contribution in [2.45, 2.75) is 40.7 Å². The molecule has 0 rings (SSSR count). The minimum absolute atomic E-state index is 0.706. The highest BCUT2D eigenvalue weighted by Gasteiger charge is 2.13. The van der Waals surface area contributed by atoms with E-state index in [1.807, 2.05) is 0 Å². The summed E-state index contributed by atoms with van der Waals surface area (Å²) in [6.45, 7) is 12.6. The summed E-state index contributed by atoms with van der Waals surface area (Å²) < 4.78 is 0. The molecule has 68 valence electrons. The number of hydrogen-bond acceptors (Lipinski definition) is 1. The molecule has 0 aromatic rings. The Labute approximate surface area is 71.8 Å². The third-order valence-electron chi connectivity index (χ3n) is 2.31. The maximum Gasteiger partial charge on any atom is 0.00869 e. The van der Waals surface area contributed by atoms with E-state index in [4.69, 9.17) is 0 Å². The van der Waals surface area contributed by atoms with Crippen molar-refractivity contribution in [2.75, 3.05) is 13.6 Å². The molecule has 0 radical (unpaired) electrons. The lowest BCUT2D eigenvalue weighted by Crippen LogP contribution is -2.35. The predicted octanol–water partition coefficient (Wildman–Crippen LogP) is 2.62. The molecule has 1 heteroatoms. The molecular formula is C10H23N. The van der Waals surface area contributed by atoms with E-state index in [0.717, 1.165) is 11.8 Å². The standard InChI is InChI=1S/C10H23N/c1-8(2)7-11(6)10(5)9(3)4/h8-10H,7H2,1-6H3/t10-/m1/s1. The van der Waals surface area contributed by atoms with E-state index in [2.05, 4.69) is 46.6 Å². The van der Waals surface area contributed by atoms with Gasteiger partial charge in [0.1, 0.15) is 0 Å². The van der Waals surface area contributed by atoms with Crippen molar-refractivity contribution in [3.05, 3.63) is 0 Å². The van der Waals surface area contributed by atoms with Crippen LogP contribution in [0.4, 0.5) is 0 Å². The van der Waals surface area contributed by atoms with Crippen LogP contribution in [0, 0.1) is 11.8 Å². The van der Waals surface area contributed by atoms with Crippen LogP contribution < -0.4 is 0 Å². The van der Waals surface area contributed by atoms with Crippen LogP contribution in [-0.2, 0) is 0 Å². The van der Waals surface area contributed by atoms with Crippen LogP contribution in [0.25, 0.3) is 0 Å². The van der Waals surface area contributed by atoms with E-state index in [0.29, 0.717) is 6.04 Å². The molecule has 0 spiro atoms. The fourth-order valence-corrected chi connectivity index (χ4v) is 1.25. The van der Waals surface area contributed by atoms with Crippen LogP contribution in [0.1, 0.15) is 34.6 Å². The average Bonchev–Trinajstić information content (AvgIpc) is 1.84. The molecule has 0 amide bonds. The van der Waals surface area contributed by atoms with E-state index in [-0.39, 0.29) is 0 Å². The van der Waals surface area contributed by atoms with Gasteiger partial charge in [-0.3, -0.25) is 0 Å². The molecule has 0 aromatic heterocycles. The Kier molecular flexibility index (Phi) is 4.74. The molecule has 1 atom stereocenters. The monoisotopic (exact) mass is 157 g/mol. The maximum absolute atomic E-state index is 2.44. The molecule has 0 bridgehead atoms. The Bertz CT molecular complexity index is 97.0. The van der Waals surface area contributed by atoms with Crippen molar-refractivity contribution < 1.29 is 0 Å². The van der Waals surface area contributed by atoms with E-state index < -0.39 is 0 Å². The Morgan fingerprint density at radius 1 is 1.00 bits per heavy atom. The summed E-state index contributed by atoms with van der Waals surface area (Å²) in [5, 5.41) is 0. The van der Waals surface area contributed by atoms with Gasteiger partial charge in [-0.25, -0.2) is 0 Å². The average molecular weight is 157 g/mol. The zero-order chi connectivity index (χ0) is 9.02. The molecule has 0 N–H and O–H groups in total. The largest absolute Gasteiger partial charge is 0.303 e. The summed E-state index contributed by atoms with van der Waals surface area (Å²) >= 11 is 0. The van der Waals surface area contributed by atoms with Gasteiger partial charge in [-0.15, -0.1) is 0 Å². The fraction of sp³-hybridized carbons (Fsp3) is 1.00. The maximum atomic E-state index is 2.44. The highest BCUT2D eigenvalue weighted by molar-refractivity contribution is 4.67. The predicted molar refractivity (Wildman–Crippen MR) is 51.8 cm³/mol. The molecular weight excluding hydrogens is 134 g/mol. The quantitative estimate of drug-likeness (QED) is 0.606. The number of rotatable bonds is 4. The van der Waals surface area contributed by atoms with E-state index in [1.165, 1.54) is 6.54 Å². The summed E-state index contributed by atoms with van der Waals surface area (Å²) in [5.41, 5.74) is 0. The Balaban J connectivity index is 3.73. The second-order valence-corrected chi connectivity index (χ2v) is 4.32. The summed E-state index contributed by atoms with van der Waals surface area (Å²) in [4.78, 5) is 2.44. The van der Waals surface area contributed by atoms with Crippen molar-refractivity contribution in [2.24, 2.45) is 11.8 Å². The van der Waals surface area contributed by atoms with Gasteiger partial charge in [0, 0.05) is 12.6 Å². The molecule has 0 heterocycles. The molecule has 0 saturated carbocycles. The summed E-state index contributed by atoms with van der Waals surface area (Å²) in [7, 11) is 2.21. The zero-order valence-corrected chi connectivity index (χ0v) is 8.89. The van der Waals surface area contributed by atoms with Gasteiger partial charge >= 0.3 is 0 Å². The minimum Gasteiger partial charge on any atom is -0.303 e. The second-order valence-electron chi connectivity index (χ2n) is 4.32. The minimum atomic E-state index is 0.706. The van der Waals surface area contributed by atoms with E-state index >= 15 is 0 Å². The van der Waals surface area contributed by atoms with Gasteiger partial charge in [0.25, 0.3) is 0 Å². The second kappa shape index (κ2) is 4.76. The topological polar surface area (TPSA) is 3.24 Å². The third-order valence-corrected chi connectivity index (χ3v) is 2.31. The first-order chi connectivity index (χ1) is 4.95. The lowest BCUT2D eigenvalue weighted by Gasteiger charge is -2.29. The van der Waals surface area contributed by atoms with Gasteiger partial charge in [0.05, 0.1) is 0 Å².